The number of hydrogen-bond acceptors (Lipinski definition) is 4. The Morgan fingerprint density at radius 1 is 1.26 bits per heavy atom. The maximum absolute atomic E-state index is 11.6. The van der Waals surface area contributed by atoms with Gasteiger partial charge in [0.15, 0.2) is 0 Å². The van der Waals surface area contributed by atoms with Crippen molar-refractivity contribution in [1.82, 2.24) is 5.06 Å². The number of nitriles is 1. The van der Waals surface area contributed by atoms with Gasteiger partial charge in [0, 0.05) is 12.7 Å². The number of anilines is 1. The maximum Gasteiger partial charge on any atom is 0.345 e. The number of nitrogens with one attached hydrogen (secondary N) is 1. The Morgan fingerprint density at radius 2 is 2.00 bits per heavy atom. The van der Waals surface area contributed by atoms with E-state index in [0.717, 1.165) is 10.6 Å². The minimum absolute atomic E-state index is 0.366. The summed E-state index contributed by atoms with van der Waals surface area (Å²) in [7, 11) is 2.93. The molecule has 2 aromatic carbocycles. The number of nitrogens with zero attached hydrogens (tertiary/aromatic N) is 2. The normalized spacial score (nSPS) is 9.78. The number of urea groups is 1. The first-order chi connectivity index (χ1) is 11.1. The molecule has 23 heavy (non-hydrogen) atoms. The monoisotopic (exact) mass is 311 g/mol. The molecular weight excluding hydrogens is 294 g/mol. The molecule has 0 heterocycles. The van der Waals surface area contributed by atoms with Crippen LogP contribution in [0.3, 0.4) is 0 Å². The van der Waals surface area contributed by atoms with Crippen molar-refractivity contribution in [2.75, 3.05) is 19.5 Å². The highest BCUT2D eigenvalue weighted by molar-refractivity contribution is 5.88. The van der Waals surface area contributed by atoms with E-state index in [1.807, 2.05) is 12.1 Å². The van der Waals surface area contributed by atoms with E-state index in [1.54, 1.807) is 36.4 Å². The largest absolute Gasteiger partial charge is 0.489 e. The van der Waals surface area contributed by atoms with Crippen LogP contribution in [0.15, 0.2) is 48.5 Å². The average Bonchev–Trinajstić information content (AvgIpc) is 2.60. The van der Waals surface area contributed by atoms with Gasteiger partial charge in [-0.05, 0) is 42.0 Å². The molecule has 118 valence electrons. The van der Waals surface area contributed by atoms with E-state index < -0.39 is 0 Å². The number of ether oxygens (including phenoxy) is 1. The molecule has 0 saturated carbocycles. The van der Waals surface area contributed by atoms with Crippen LogP contribution < -0.4 is 10.1 Å². The van der Waals surface area contributed by atoms with E-state index in [-0.39, 0.29) is 6.03 Å². The van der Waals surface area contributed by atoms with E-state index in [2.05, 4.69) is 11.4 Å². The zero-order chi connectivity index (χ0) is 16.7. The summed E-state index contributed by atoms with van der Waals surface area (Å²) in [5, 5.41) is 12.6. The Hall–Kier alpha value is -3.04. The number of amides is 2. The summed E-state index contributed by atoms with van der Waals surface area (Å²) >= 11 is 0. The number of hydrogen-bond donors (Lipinski definition) is 1. The van der Waals surface area contributed by atoms with Gasteiger partial charge in [0.1, 0.15) is 12.4 Å². The quantitative estimate of drug-likeness (QED) is 0.861. The summed E-state index contributed by atoms with van der Waals surface area (Å²) in [4.78, 5) is 16.4. The summed E-state index contributed by atoms with van der Waals surface area (Å²) in [6, 6.07) is 16.0. The first-order valence-electron chi connectivity index (χ1n) is 6.93. The third-order valence-electron chi connectivity index (χ3n) is 3.13. The van der Waals surface area contributed by atoms with Crippen LogP contribution >= 0.6 is 0 Å². The first kappa shape index (κ1) is 16.3. The van der Waals surface area contributed by atoms with Crippen LogP contribution in [-0.4, -0.2) is 25.3 Å². The summed E-state index contributed by atoms with van der Waals surface area (Å²) in [5.74, 6) is 0.672. The molecule has 0 spiro atoms. The fraction of sp³-hybridized carbons (Fsp3) is 0.176. The van der Waals surface area contributed by atoms with Crippen LogP contribution in [0.5, 0.6) is 5.75 Å². The number of carbonyl (C=O) groups excluding carboxylic acids is 1. The lowest BCUT2D eigenvalue weighted by Crippen LogP contribution is -2.30. The predicted octanol–water partition coefficient (Wildman–Crippen LogP) is 3.16. The van der Waals surface area contributed by atoms with E-state index >= 15 is 0 Å². The van der Waals surface area contributed by atoms with Crippen LogP contribution in [0.1, 0.15) is 11.1 Å². The van der Waals surface area contributed by atoms with Gasteiger partial charge in [0.05, 0.1) is 18.7 Å². The predicted molar refractivity (Wildman–Crippen MR) is 85.7 cm³/mol. The molecule has 0 saturated heterocycles. The highest BCUT2D eigenvalue weighted by Crippen LogP contribution is 2.17. The van der Waals surface area contributed by atoms with Gasteiger partial charge in [0.25, 0.3) is 0 Å². The molecule has 2 aromatic rings. The zero-order valence-electron chi connectivity index (χ0n) is 12.9. The van der Waals surface area contributed by atoms with Crippen molar-refractivity contribution in [3.63, 3.8) is 0 Å². The fourth-order valence-corrected chi connectivity index (χ4v) is 1.82. The molecule has 2 rings (SSSR count). The van der Waals surface area contributed by atoms with Crippen molar-refractivity contribution in [2.45, 2.75) is 6.61 Å². The molecule has 0 aliphatic heterocycles. The van der Waals surface area contributed by atoms with Crippen molar-refractivity contribution >= 4 is 11.7 Å². The minimum Gasteiger partial charge on any atom is -0.489 e. The lowest BCUT2D eigenvalue weighted by atomic mass is 10.1. The van der Waals surface area contributed by atoms with Crippen molar-refractivity contribution in [3.8, 4) is 11.8 Å². The molecule has 0 unspecified atom stereocenters. The Balaban J connectivity index is 1.92. The van der Waals surface area contributed by atoms with Gasteiger partial charge in [-0.15, -0.1) is 0 Å². The highest BCUT2D eigenvalue weighted by atomic mass is 16.7. The number of rotatable bonds is 5. The second-order valence-corrected chi connectivity index (χ2v) is 4.74. The first-order valence-corrected chi connectivity index (χ1v) is 6.93. The van der Waals surface area contributed by atoms with Gasteiger partial charge in [-0.2, -0.15) is 5.26 Å². The van der Waals surface area contributed by atoms with Gasteiger partial charge in [-0.3, -0.25) is 4.84 Å². The molecule has 0 aliphatic rings. The number of benzene rings is 2. The van der Waals surface area contributed by atoms with Crippen LogP contribution in [0, 0.1) is 11.3 Å². The topological polar surface area (TPSA) is 74.6 Å². The Morgan fingerprint density at radius 3 is 2.65 bits per heavy atom. The smallest absolute Gasteiger partial charge is 0.345 e. The molecule has 0 aliphatic carbocycles. The second kappa shape index (κ2) is 7.82. The van der Waals surface area contributed by atoms with Crippen molar-refractivity contribution in [3.05, 3.63) is 59.7 Å². The SMILES string of the molecule is CON(C)C(=O)Nc1ccc(OCc2cccc(C#N)c2)cc1. The van der Waals surface area contributed by atoms with Crippen molar-refractivity contribution in [2.24, 2.45) is 0 Å². The van der Waals surface area contributed by atoms with E-state index in [0.29, 0.717) is 23.6 Å². The molecule has 1 N–H and O–H groups in total. The Labute approximate surface area is 134 Å². The van der Waals surface area contributed by atoms with Crippen LogP contribution in [0.4, 0.5) is 10.5 Å². The lowest BCUT2D eigenvalue weighted by Gasteiger charge is -2.14. The standard InChI is InChI=1S/C17H17N3O3/c1-20(22-2)17(21)19-15-6-8-16(9-7-15)23-12-14-5-3-4-13(10-14)11-18/h3-10H,12H2,1-2H3,(H,19,21). The molecule has 0 bridgehead atoms. The fourth-order valence-electron chi connectivity index (χ4n) is 1.82. The average molecular weight is 311 g/mol. The number of carbonyl (C=O) groups is 1. The molecule has 0 aromatic heterocycles. The molecular formula is C17H17N3O3. The molecule has 0 atom stereocenters. The molecule has 2 amide bonds. The summed E-state index contributed by atoms with van der Waals surface area (Å²) in [6.45, 7) is 0.369. The number of hydroxylamine groups is 2. The lowest BCUT2D eigenvalue weighted by molar-refractivity contribution is -0.0598. The molecule has 0 fully saturated rings. The van der Waals surface area contributed by atoms with Crippen LogP contribution in [0.2, 0.25) is 0 Å². The summed E-state index contributed by atoms with van der Waals surface area (Å²) in [5.41, 5.74) is 2.16. The molecule has 0 radical (unpaired) electrons. The van der Waals surface area contributed by atoms with Gasteiger partial charge in [-0.1, -0.05) is 12.1 Å². The molecule has 6 heteroatoms. The summed E-state index contributed by atoms with van der Waals surface area (Å²) in [6.07, 6.45) is 0. The third-order valence-corrected chi connectivity index (χ3v) is 3.13. The van der Waals surface area contributed by atoms with Gasteiger partial charge in [-0.25, -0.2) is 9.86 Å². The van der Waals surface area contributed by atoms with E-state index in [1.165, 1.54) is 14.2 Å². The van der Waals surface area contributed by atoms with E-state index in [9.17, 15) is 4.79 Å². The maximum atomic E-state index is 11.6. The minimum atomic E-state index is -0.366. The van der Waals surface area contributed by atoms with Crippen LogP contribution in [-0.2, 0) is 11.4 Å². The molecule has 6 nitrogen and oxygen atoms in total. The van der Waals surface area contributed by atoms with Gasteiger partial charge in [0.2, 0.25) is 0 Å². The van der Waals surface area contributed by atoms with E-state index in [4.69, 9.17) is 14.8 Å². The van der Waals surface area contributed by atoms with Crippen LogP contribution in [0.25, 0.3) is 0 Å². The third kappa shape index (κ3) is 4.73. The van der Waals surface area contributed by atoms with Gasteiger partial charge >= 0.3 is 6.03 Å². The van der Waals surface area contributed by atoms with Crippen molar-refractivity contribution < 1.29 is 14.4 Å². The zero-order valence-corrected chi connectivity index (χ0v) is 12.9. The summed E-state index contributed by atoms with van der Waals surface area (Å²) < 4.78 is 5.66. The van der Waals surface area contributed by atoms with Crippen molar-refractivity contribution in [1.29, 1.82) is 5.26 Å². The van der Waals surface area contributed by atoms with Gasteiger partial charge < -0.3 is 10.1 Å². The highest BCUT2D eigenvalue weighted by Gasteiger charge is 2.07. The Kier molecular flexibility index (Phi) is 5.56. The second-order valence-electron chi connectivity index (χ2n) is 4.74. The Bertz CT molecular complexity index is 708.